The number of hydrazone groups is 1. The maximum Gasteiger partial charge on any atom is 0.345 e. The van der Waals surface area contributed by atoms with Gasteiger partial charge in [-0.3, -0.25) is 4.79 Å². The molecule has 1 amide bonds. The van der Waals surface area contributed by atoms with Crippen molar-refractivity contribution in [2.24, 2.45) is 5.10 Å². The summed E-state index contributed by atoms with van der Waals surface area (Å²) in [6, 6.07) is 18.2. The fraction of sp³-hybridized carbons (Fsp3) is 0.0455. The number of halogens is 3. The molecule has 0 aliphatic carbocycles. The van der Waals surface area contributed by atoms with Gasteiger partial charge in [-0.2, -0.15) is 5.10 Å². The number of hydrogen-bond donors (Lipinski definition) is 1. The van der Waals surface area contributed by atoms with Gasteiger partial charge in [-0.05, 0) is 76.1 Å². The zero-order valence-electron chi connectivity index (χ0n) is 15.8. The van der Waals surface area contributed by atoms with Crippen LogP contribution in [0.4, 0.5) is 0 Å². The summed E-state index contributed by atoms with van der Waals surface area (Å²) >= 11 is 15.2. The Bertz CT molecular complexity index is 1120. The lowest BCUT2D eigenvalue weighted by Crippen LogP contribution is -2.24. The van der Waals surface area contributed by atoms with Gasteiger partial charge in [-0.1, -0.05) is 35.3 Å². The highest BCUT2D eigenvalue weighted by Gasteiger charge is 2.12. The van der Waals surface area contributed by atoms with Gasteiger partial charge in [0.25, 0.3) is 5.91 Å². The fourth-order valence-corrected chi connectivity index (χ4v) is 3.37. The molecule has 0 radical (unpaired) electrons. The molecule has 3 aromatic carbocycles. The average molecular weight is 522 g/mol. The van der Waals surface area contributed by atoms with Crippen molar-refractivity contribution in [1.82, 2.24) is 5.43 Å². The molecule has 3 rings (SSSR count). The Morgan fingerprint density at radius 1 is 1.03 bits per heavy atom. The average Bonchev–Trinajstić information content (AvgIpc) is 2.74. The Morgan fingerprint density at radius 2 is 1.77 bits per heavy atom. The number of nitrogens with zero attached hydrogens (tertiary/aromatic N) is 1. The molecule has 0 saturated heterocycles. The van der Waals surface area contributed by atoms with E-state index in [0.29, 0.717) is 31.6 Å². The third kappa shape index (κ3) is 6.82. The van der Waals surface area contributed by atoms with E-state index in [-0.39, 0.29) is 12.2 Å². The lowest BCUT2D eigenvalue weighted by molar-refractivity contribution is -0.123. The van der Waals surface area contributed by atoms with Gasteiger partial charge in [0, 0.05) is 5.02 Å². The summed E-state index contributed by atoms with van der Waals surface area (Å²) < 4.78 is 11.4. The van der Waals surface area contributed by atoms with Gasteiger partial charge in [0.1, 0.15) is 11.5 Å². The van der Waals surface area contributed by atoms with Crippen LogP contribution in [0.25, 0.3) is 0 Å². The zero-order chi connectivity index (χ0) is 22.2. The molecule has 0 aliphatic rings. The molecule has 31 heavy (non-hydrogen) atoms. The molecule has 6 nitrogen and oxygen atoms in total. The second-order valence-corrected chi connectivity index (χ2v) is 7.79. The first-order valence-electron chi connectivity index (χ1n) is 8.89. The van der Waals surface area contributed by atoms with Crippen molar-refractivity contribution in [2.75, 3.05) is 6.61 Å². The second kappa shape index (κ2) is 10.9. The molecule has 0 bridgehead atoms. The standard InChI is InChI=1S/C22H15BrCl2N2O4/c23-18-11-15(24)7-10-20(18)30-13-21(28)27-26-12-14-5-8-16(9-6-14)31-22(29)17-3-1-2-4-19(17)25/h1-12H,13H2,(H,27,28). The molecule has 0 aromatic heterocycles. The summed E-state index contributed by atoms with van der Waals surface area (Å²) in [7, 11) is 0. The van der Waals surface area contributed by atoms with E-state index in [1.54, 1.807) is 66.7 Å². The Kier molecular flexibility index (Phi) is 8.06. The molecule has 9 heteroatoms. The van der Waals surface area contributed by atoms with Crippen LogP contribution >= 0.6 is 39.1 Å². The third-order valence-corrected chi connectivity index (χ3v) is 5.02. The van der Waals surface area contributed by atoms with E-state index in [2.05, 4.69) is 26.5 Å². The van der Waals surface area contributed by atoms with E-state index < -0.39 is 11.9 Å². The molecule has 0 saturated carbocycles. The van der Waals surface area contributed by atoms with Crippen molar-refractivity contribution < 1.29 is 19.1 Å². The number of esters is 1. The zero-order valence-corrected chi connectivity index (χ0v) is 18.9. The highest BCUT2D eigenvalue weighted by atomic mass is 79.9. The van der Waals surface area contributed by atoms with Crippen molar-refractivity contribution in [1.29, 1.82) is 0 Å². The number of ether oxygens (including phenoxy) is 2. The van der Waals surface area contributed by atoms with Gasteiger partial charge < -0.3 is 9.47 Å². The lowest BCUT2D eigenvalue weighted by atomic mass is 10.2. The van der Waals surface area contributed by atoms with E-state index in [1.807, 2.05) is 0 Å². The van der Waals surface area contributed by atoms with Gasteiger partial charge in [0.2, 0.25) is 0 Å². The number of carbonyl (C=O) groups excluding carboxylic acids is 2. The van der Waals surface area contributed by atoms with Crippen LogP contribution in [0, 0.1) is 0 Å². The normalized spacial score (nSPS) is 10.7. The number of benzene rings is 3. The number of carbonyl (C=O) groups is 2. The van der Waals surface area contributed by atoms with Crippen molar-refractivity contribution in [3.8, 4) is 11.5 Å². The molecular formula is C22H15BrCl2N2O4. The summed E-state index contributed by atoms with van der Waals surface area (Å²) in [5.41, 5.74) is 3.35. The third-order valence-electron chi connectivity index (χ3n) is 3.84. The van der Waals surface area contributed by atoms with Crippen molar-refractivity contribution in [2.45, 2.75) is 0 Å². The highest BCUT2D eigenvalue weighted by molar-refractivity contribution is 9.10. The summed E-state index contributed by atoms with van der Waals surface area (Å²) in [6.45, 7) is -0.214. The predicted molar refractivity (Wildman–Crippen MR) is 123 cm³/mol. The van der Waals surface area contributed by atoms with Crippen LogP contribution in [-0.2, 0) is 4.79 Å². The van der Waals surface area contributed by atoms with Crippen LogP contribution in [0.15, 0.2) is 76.3 Å². The van der Waals surface area contributed by atoms with Crippen LogP contribution in [0.2, 0.25) is 10.0 Å². The topological polar surface area (TPSA) is 77.0 Å². The SMILES string of the molecule is O=C(COc1ccc(Cl)cc1Br)NN=Cc1ccc(OC(=O)c2ccccc2Cl)cc1. The molecular weight excluding hydrogens is 507 g/mol. The Morgan fingerprint density at radius 3 is 2.48 bits per heavy atom. The molecule has 1 N–H and O–H groups in total. The van der Waals surface area contributed by atoms with E-state index in [9.17, 15) is 9.59 Å². The van der Waals surface area contributed by atoms with Gasteiger partial charge in [-0.25, -0.2) is 10.2 Å². The maximum atomic E-state index is 12.2. The molecule has 158 valence electrons. The quantitative estimate of drug-likeness (QED) is 0.192. The highest BCUT2D eigenvalue weighted by Crippen LogP contribution is 2.27. The largest absolute Gasteiger partial charge is 0.483 e. The summed E-state index contributed by atoms with van der Waals surface area (Å²) in [5, 5.41) is 4.75. The monoisotopic (exact) mass is 520 g/mol. The van der Waals surface area contributed by atoms with E-state index in [4.69, 9.17) is 32.7 Å². The molecule has 0 aliphatic heterocycles. The van der Waals surface area contributed by atoms with Crippen molar-refractivity contribution in [3.63, 3.8) is 0 Å². The van der Waals surface area contributed by atoms with Crippen LogP contribution < -0.4 is 14.9 Å². The molecule has 0 unspecified atom stereocenters. The molecule has 0 spiro atoms. The fourth-order valence-electron chi connectivity index (χ4n) is 2.36. The maximum absolute atomic E-state index is 12.2. The van der Waals surface area contributed by atoms with Gasteiger partial charge in [0.15, 0.2) is 6.61 Å². The first kappa shape index (κ1) is 22.8. The number of nitrogens with one attached hydrogen (secondary N) is 1. The predicted octanol–water partition coefficient (Wildman–Crippen LogP) is 5.50. The Balaban J connectivity index is 1.48. The van der Waals surface area contributed by atoms with Gasteiger partial charge >= 0.3 is 5.97 Å². The minimum absolute atomic E-state index is 0.214. The lowest BCUT2D eigenvalue weighted by Gasteiger charge is -2.07. The molecule has 3 aromatic rings. The van der Waals surface area contributed by atoms with Gasteiger partial charge in [-0.15, -0.1) is 0 Å². The van der Waals surface area contributed by atoms with Crippen LogP contribution in [-0.4, -0.2) is 24.7 Å². The summed E-state index contributed by atoms with van der Waals surface area (Å²) in [6.07, 6.45) is 1.45. The molecule has 0 atom stereocenters. The van der Waals surface area contributed by atoms with Crippen LogP contribution in [0.3, 0.4) is 0 Å². The summed E-state index contributed by atoms with van der Waals surface area (Å²) in [5.74, 6) is -0.131. The van der Waals surface area contributed by atoms with Crippen LogP contribution in [0.1, 0.15) is 15.9 Å². The van der Waals surface area contributed by atoms with E-state index in [1.165, 1.54) is 6.21 Å². The number of hydrogen-bond acceptors (Lipinski definition) is 5. The number of rotatable bonds is 7. The first-order chi connectivity index (χ1) is 14.9. The minimum atomic E-state index is -0.549. The van der Waals surface area contributed by atoms with Crippen molar-refractivity contribution in [3.05, 3.63) is 92.4 Å². The molecule has 0 heterocycles. The summed E-state index contributed by atoms with van der Waals surface area (Å²) in [4.78, 5) is 24.0. The Hall–Kier alpha value is -2.87. The number of amides is 1. The molecule has 0 fully saturated rings. The van der Waals surface area contributed by atoms with Crippen molar-refractivity contribution >= 4 is 57.2 Å². The minimum Gasteiger partial charge on any atom is -0.483 e. The van der Waals surface area contributed by atoms with E-state index in [0.717, 1.165) is 0 Å². The van der Waals surface area contributed by atoms with Crippen LogP contribution in [0.5, 0.6) is 11.5 Å². The smallest absolute Gasteiger partial charge is 0.345 e. The van der Waals surface area contributed by atoms with Gasteiger partial charge in [0.05, 0.1) is 21.3 Å². The van der Waals surface area contributed by atoms with E-state index >= 15 is 0 Å². The second-order valence-electron chi connectivity index (χ2n) is 6.09. The first-order valence-corrected chi connectivity index (χ1v) is 10.4. The Labute approximate surface area is 196 Å².